The number of imide groups is 1. The summed E-state index contributed by atoms with van der Waals surface area (Å²) in [4.78, 5) is 27.7. The molecule has 4 rings (SSSR count). The molecule has 0 N–H and O–H groups in total. The van der Waals surface area contributed by atoms with E-state index in [9.17, 15) is 9.59 Å². The van der Waals surface area contributed by atoms with E-state index < -0.39 is 24.0 Å². The Labute approximate surface area is 171 Å². The van der Waals surface area contributed by atoms with Gasteiger partial charge in [0.25, 0.3) is 6.29 Å². The molecule has 0 spiro atoms. The van der Waals surface area contributed by atoms with Gasteiger partial charge in [-0.25, -0.2) is 9.69 Å². The summed E-state index contributed by atoms with van der Waals surface area (Å²) in [5.41, 5.74) is -0.0974. The summed E-state index contributed by atoms with van der Waals surface area (Å²) >= 11 is 0. The standard InChI is InChI=1S/C22H29NO6/c1-21(2)15-10-11-22(21,16(12-15)26-3)19(24)23-17(27-4)18(29-20(23)25)28-13-14-8-6-5-7-9-14/h5-9,15-18H,10-13H2,1-4H3/t15-,16-,17-,18+,22+/m1/s1. The predicted octanol–water partition coefficient (Wildman–Crippen LogP) is 3.32. The normalized spacial score (nSPS) is 35.2. The number of amides is 2. The van der Waals surface area contributed by atoms with Crippen LogP contribution in [0.2, 0.25) is 0 Å². The third kappa shape index (κ3) is 2.90. The fraction of sp³-hybridized carbons (Fsp3) is 0.636. The second-order valence-corrected chi connectivity index (χ2v) is 8.74. The first-order valence-electron chi connectivity index (χ1n) is 10.1. The molecule has 1 heterocycles. The van der Waals surface area contributed by atoms with Crippen molar-refractivity contribution in [2.45, 2.75) is 58.3 Å². The van der Waals surface area contributed by atoms with Gasteiger partial charge in [0, 0.05) is 14.2 Å². The number of nitrogens with zero attached hydrogens (tertiary/aromatic N) is 1. The van der Waals surface area contributed by atoms with E-state index in [1.165, 1.54) is 7.11 Å². The van der Waals surface area contributed by atoms with Crippen LogP contribution in [0.15, 0.2) is 30.3 Å². The average Bonchev–Trinajstić information content (AvgIpc) is 3.27. The van der Waals surface area contributed by atoms with Gasteiger partial charge in [-0.05, 0) is 36.2 Å². The van der Waals surface area contributed by atoms with Gasteiger partial charge in [0.1, 0.15) is 0 Å². The average molecular weight is 403 g/mol. The number of carbonyl (C=O) groups excluding carboxylic acids is 2. The number of hydrogen-bond donors (Lipinski definition) is 0. The number of carbonyl (C=O) groups is 2. The van der Waals surface area contributed by atoms with Crippen LogP contribution < -0.4 is 0 Å². The zero-order valence-electron chi connectivity index (χ0n) is 17.4. The largest absolute Gasteiger partial charge is 0.421 e. The molecule has 7 heteroatoms. The van der Waals surface area contributed by atoms with Crippen molar-refractivity contribution in [3.63, 3.8) is 0 Å². The van der Waals surface area contributed by atoms with Gasteiger partial charge in [-0.2, -0.15) is 0 Å². The van der Waals surface area contributed by atoms with Crippen LogP contribution in [-0.4, -0.2) is 49.7 Å². The third-order valence-corrected chi connectivity index (χ3v) is 7.39. The third-order valence-electron chi connectivity index (χ3n) is 7.39. The quantitative estimate of drug-likeness (QED) is 0.725. The van der Waals surface area contributed by atoms with Gasteiger partial charge < -0.3 is 18.9 Å². The lowest BCUT2D eigenvalue weighted by Crippen LogP contribution is -2.56. The highest BCUT2D eigenvalue weighted by Crippen LogP contribution is 2.67. The summed E-state index contributed by atoms with van der Waals surface area (Å²) in [5.74, 6) is 0.109. The first-order chi connectivity index (χ1) is 13.9. The molecule has 2 bridgehead atoms. The van der Waals surface area contributed by atoms with Gasteiger partial charge in [0.2, 0.25) is 12.1 Å². The van der Waals surface area contributed by atoms with E-state index in [-0.39, 0.29) is 24.0 Å². The molecule has 2 aliphatic carbocycles. The summed E-state index contributed by atoms with van der Waals surface area (Å²) in [6.45, 7) is 4.46. The van der Waals surface area contributed by atoms with Gasteiger partial charge in [0.15, 0.2) is 0 Å². The molecule has 158 valence electrons. The van der Waals surface area contributed by atoms with Crippen LogP contribution in [0.25, 0.3) is 0 Å². The predicted molar refractivity (Wildman–Crippen MR) is 103 cm³/mol. The molecule has 1 saturated heterocycles. The number of hydrogen-bond acceptors (Lipinski definition) is 6. The second-order valence-electron chi connectivity index (χ2n) is 8.74. The minimum Gasteiger partial charge on any atom is -0.414 e. The molecule has 0 radical (unpaired) electrons. The van der Waals surface area contributed by atoms with Crippen LogP contribution in [-0.2, 0) is 30.3 Å². The Morgan fingerprint density at radius 2 is 1.93 bits per heavy atom. The molecule has 1 aliphatic heterocycles. The van der Waals surface area contributed by atoms with E-state index in [1.54, 1.807) is 7.11 Å². The molecule has 5 atom stereocenters. The van der Waals surface area contributed by atoms with Gasteiger partial charge in [-0.3, -0.25) is 4.79 Å². The molecule has 1 aromatic carbocycles. The van der Waals surface area contributed by atoms with Crippen LogP contribution in [0.4, 0.5) is 4.79 Å². The van der Waals surface area contributed by atoms with E-state index in [1.807, 2.05) is 30.3 Å². The Kier molecular flexibility index (Phi) is 5.17. The van der Waals surface area contributed by atoms with Crippen molar-refractivity contribution in [3.8, 4) is 0 Å². The molecule has 7 nitrogen and oxygen atoms in total. The van der Waals surface area contributed by atoms with E-state index in [0.29, 0.717) is 12.3 Å². The summed E-state index contributed by atoms with van der Waals surface area (Å²) in [6, 6.07) is 9.57. The van der Waals surface area contributed by atoms with Crippen molar-refractivity contribution in [3.05, 3.63) is 35.9 Å². The number of rotatable bonds is 6. The van der Waals surface area contributed by atoms with Crippen LogP contribution in [0.1, 0.15) is 38.7 Å². The molecule has 2 amide bonds. The lowest BCUT2D eigenvalue weighted by molar-refractivity contribution is -0.181. The second kappa shape index (κ2) is 7.38. The van der Waals surface area contributed by atoms with Crippen LogP contribution in [0.3, 0.4) is 0 Å². The Hall–Kier alpha value is -1.96. The number of benzene rings is 1. The number of cyclic esters (lactones) is 1. The summed E-state index contributed by atoms with van der Waals surface area (Å²) in [5, 5.41) is 0. The minimum absolute atomic E-state index is 0.224. The zero-order valence-corrected chi connectivity index (χ0v) is 17.4. The van der Waals surface area contributed by atoms with Gasteiger partial charge in [-0.1, -0.05) is 44.2 Å². The topological polar surface area (TPSA) is 74.3 Å². The Morgan fingerprint density at radius 1 is 1.21 bits per heavy atom. The minimum atomic E-state index is -0.976. The highest BCUT2D eigenvalue weighted by Gasteiger charge is 2.70. The Balaban J connectivity index is 1.57. The van der Waals surface area contributed by atoms with Crippen molar-refractivity contribution in [2.24, 2.45) is 16.7 Å². The number of methoxy groups -OCH3 is 2. The highest BCUT2D eigenvalue weighted by atomic mass is 16.7. The molecule has 1 aromatic rings. The molecule has 0 aromatic heterocycles. The summed E-state index contributed by atoms with van der Waals surface area (Å²) in [7, 11) is 3.09. The lowest BCUT2D eigenvalue weighted by atomic mass is 9.67. The summed E-state index contributed by atoms with van der Waals surface area (Å²) in [6.07, 6.45) is -0.389. The maximum atomic E-state index is 13.8. The van der Waals surface area contributed by atoms with Crippen LogP contribution >= 0.6 is 0 Å². The maximum absolute atomic E-state index is 13.8. The first kappa shape index (κ1) is 20.3. The fourth-order valence-electron chi connectivity index (χ4n) is 5.65. The van der Waals surface area contributed by atoms with E-state index in [2.05, 4.69) is 13.8 Å². The fourth-order valence-corrected chi connectivity index (χ4v) is 5.65. The highest BCUT2D eigenvalue weighted by molar-refractivity contribution is 5.98. The lowest BCUT2D eigenvalue weighted by Gasteiger charge is -2.42. The Bertz CT molecular complexity index is 781. The molecule has 0 unspecified atom stereocenters. The maximum Gasteiger partial charge on any atom is 0.421 e. The molecular formula is C22H29NO6. The SMILES string of the molecule is CO[C@@H]1[C@@H](OCc2ccccc2)OC(=O)N1C(=O)[C@]12CC[C@H](C[C@H]1OC)C2(C)C. The summed E-state index contributed by atoms with van der Waals surface area (Å²) < 4.78 is 22.4. The molecule has 3 fully saturated rings. The van der Waals surface area contributed by atoms with Crippen LogP contribution in [0, 0.1) is 16.7 Å². The van der Waals surface area contributed by atoms with Gasteiger partial charge >= 0.3 is 6.09 Å². The van der Waals surface area contributed by atoms with E-state index >= 15 is 0 Å². The monoisotopic (exact) mass is 403 g/mol. The zero-order chi connectivity index (χ0) is 20.8. The smallest absolute Gasteiger partial charge is 0.414 e. The molecule has 29 heavy (non-hydrogen) atoms. The number of fused-ring (bicyclic) bond motifs is 2. The van der Waals surface area contributed by atoms with E-state index in [4.69, 9.17) is 18.9 Å². The van der Waals surface area contributed by atoms with Gasteiger partial charge in [-0.15, -0.1) is 0 Å². The first-order valence-corrected chi connectivity index (χ1v) is 10.1. The Morgan fingerprint density at radius 3 is 2.55 bits per heavy atom. The van der Waals surface area contributed by atoms with Crippen molar-refractivity contribution >= 4 is 12.0 Å². The molecule has 3 aliphatic rings. The number of ether oxygens (including phenoxy) is 4. The van der Waals surface area contributed by atoms with Crippen LogP contribution in [0.5, 0.6) is 0 Å². The van der Waals surface area contributed by atoms with Gasteiger partial charge in [0.05, 0.1) is 18.1 Å². The molecular weight excluding hydrogens is 374 g/mol. The van der Waals surface area contributed by atoms with Crippen molar-refractivity contribution in [1.82, 2.24) is 4.90 Å². The van der Waals surface area contributed by atoms with E-state index in [0.717, 1.165) is 23.3 Å². The molecule has 2 saturated carbocycles. The van der Waals surface area contributed by atoms with Crippen molar-refractivity contribution in [2.75, 3.05) is 14.2 Å². The van der Waals surface area contributed by atoms with Crippen molar-refractivity contribution < 1.29 is 28.5 Å². The van der Waals surface area contributed by atoms with Crippen molar-refractivity contribution in [1.29, 1.82) is 0 Å².